The lowest BCUT2D eigenvalue weighted by atomic mass is 10.3. The third-order valence-electron chi connectivity index (χ3n) is 1.77. The summed E-state index contributed by atoms with van der Waals surface area (Å²) >= 11 is 3.32. The summed E-state index contributed by atoms with van der Waals surface area (Å²) in [7, 11) is 0. The zero-order valence-corrected chi connectivity index (χ0v) is 10.7. The van der Waals surface area contributed by atoms with E-state index in [0.717, 1.165) is 10.0 Å². The molecule has 0 fully saturated rings. The molecule has 0 unspecified atom stereocenters. The van der Waals surface area contributed by atoms with Gasteiger partial charge < -0.3 is 10.1 Å². The van der Waals surface area contributed by atoms with Crippen LogP contribution in [0.5, 0.6) is 5.75 Å². The van der Waals surface area contributed by atoms with E-state index in [-0.39, 0.29) is 12.5 Å². The summed E-state index contributed by atoms with van der Waals surface area (Å²) in [6, 6.07) is 7.33. The van der Waals surface area contributed by atoms with Gasteiger partial charge in [-0.1, -0.05) is 28.1 Å². The van der Waals surface area contributed by atoms with Crippen molar-refractivity contribution in [2.45, 2.75) is 6.92 Å². The third-order valence-corrected chi connectivity index (χ3v) is 2.30. The minimum Gasteiger partial charge on any atom is -0.484 e. The molecule has 1 aromatic rings. The van der Waals surface area contributed by atoms with Gasteiger partial charge in [-0.15, -0.1) is 0 Å². The number of halogens is 1. The van der Waals surface area contributed by atoms with Crippen molar-refractivity contribution in [3.63, 3.8) is 0 Å². The smallest absolute Gasteiger partial charge is 0.258 e. The Morgan fingerprint density at radius 2 is 2.06 bits per heavy atom. The molecule has 0 atom stereocenters. The molecule has 0 heterocycles. The highest BCUT2D eigenvalue weighted by Crippen LogP contribution is 2.15. The molecule has 16 heavy (non-hydrogen) atoms. The SMILES string of the molecule is C=C(C)CNC(=O)COc1ccc(Br)cc1. The predicted molar refractivity (Wildman–Crippen MR) is 67.5 cm³/mol. The highest BCUT2D eigenvalue weighted by Gasteiger charge is 2.01. The van der Waals surface area contributed by atoms with Crippen LogP contribution in [-0.2, 0) is 4.79 Å². The van der Waals surface area contributed by atoms with Crippen LogP contribution in [0.15, 0.2) is 40.9 Å². The van der Waals surface area contributed by atoms with Crippen molar-refractivity contribution >= 4 is 21.8 Å². The second kappa shape index (κ2) is 6.33. The van der Waals surface area contributed by atoms with E-state index in [1.807, 2.05) is 19.1 Å². The molecule has 1 aromatic carbocycles. The number of hydrogen-bond acceptors (Lipinski definition) is 2. The van der Waals surface area contributed by atoms with E-state index in [4.69, 9.17) is 4.74 Å². The zero-order chi connectivity index (χ0) is 12.0. The molecule has 0 aliphatic carbocycles. The summed E-state index contributed by atoms with van der Waals surface area (Å²) < 4.78 is 6.27. The molecule has 1 rings (SSSR count). The van der Waals surface area contributed by atoms with Crippen LogP contribution >= 0.6 is 15.9 Å². The first-order chi connectivity index (χ1) is 7.58. The summed E-state index contributed by atoms with van der Waals surface area (Å²) in [4.78, 5) is 11.3. The van der Waals surface area contributed by atoms with Gasteiger partial charge in [0.05, 0.1) is 0 Å². The molecule has 1 N–H and O–H groups in total. The van der Waals surface area contributed by atoms with Gasteiger partial charge in [0.1, 0.15) is 5.75 Å². The Labute approximate surface area is 104 Å². The van der Waals surface area contributed by atoms with Crippen LogP contribution in [0.4, 0.5) is 0 Å². The van der Waals surface area contributed by atoms with Crippen molar-refractivity contribution in [3.05, 3.63) is 40.9 Å². The van der Waals surface area contributed by atoms with Gasteiger partial charge in [0, 0.05) is 11.0 Å². The van der Waals surface area contributed by atoms with Gasteiger partial charge in [-0.2, -0.15) is 0 Å². The molecule has 4 heteroatoms. The minimum atomic E-state index is -0.147. The lowest BCUT2D eigenvalue weighted by Gasteiger charge is -2.07. The van der Waals surface area contributed by atoms with Crippen molar-refractivity contribution in [1.82, 2.24) is 5.32 Å². The molecule has 3 nitrogen and oxygen atoms in total. The van der Waals surface area contributed by atoms with E-state index >= 15 is 0 Å². The summed E-state index contributed by atoms with van der Waals surface area (Å²) in [5.41, 5.74) is 0.914. The van der Waals surface area contributed by atoms with Gasteiger partial charge in [0.25, 0.3) is 5.91 Å². The van der Waals surface area contributed by atoms with Crippen molar-refractivity contribution in [1.29, 1.82) is 0 Å². The summed E-state index contributed by atoms with van der Waals surface area (Å²) in [6.45, 7) is 6.06. The van der Waals surface area contributed by atoms with Crippen LogP contribution in [0.1, 0.15) is 6.92 Å². The number of rotatable bonds is 5. The minimum absolute atomic E-state index is 0.0227. The van der Waals surface area contributed by atoms with Crippen LogP contribution in [0.3, 0.4) is 0 Å². The molecule has 0 aliphatic rings. The van der Waals surface area contributed by atoms with Gasteiger partial charge in [-0.3, -0.25) is 4.79 Å². The third kappa shape index (κ3) is 4.98. The largest absolute Gasteiger partial charge is 0.484 e. The predicted octanol–water partition coefficient (Wildman–Crippen LogP) is 2.52. The van der Waals surface area contributed by atoms with E-state index < -0.39 is 0 Å². The molecule has 0 radical (unpaired) electrons. The van der Waals surface area contributed by atoms with Crippen molar-refractivity contribution < 1.29 is 9.53 Å². The highest BCUT2D eigenvalue weighted by atomic mass is 79.9. The maximum Gasteiger partial charge on any atom is 0.258 e. The zero-order valence-electron chi connectivity index (χ0n) is 9.13. The quantitative estimate of drug-likeness (QED) is 0.844. The fraction of sp³-hybridized carbons (Fsp3) is 0.250. The van der Waals surface area contributed by atoms with E-state index in [1.165, 1.54) is 0 Å². The Kier molecular flexibility index (Phi) is 5.05. The number of carbonyl (C=O) groups is 1. The normalized spacial score (nSPS) is 9.62. The van der Waals surface area contributed by atoms with E-state index in [0.29, 0.717) is 12.3 Å². The van der Waals surface area contributed by atoms with Gasteiger partial charge in [0.15, 0.2) is 6.61 Å². The van der Waals surface area contributed by atoms with Crippen LogP contribution in [0.2, 0.25) is 0 Å². The Balaban J connectivity index is 2.31. The van der Waals surface area contributed by atoms with Crippen LogP contribution in [-0.4, -0.2) is 19.1 Å². The summed E-state index contributed by atoms with van der Waals surface area (Å²) in [6.07, 6.45) is 0. The topological polar surface area (TPSA) is 38.3 Å². The number of carbonyl (C=O) groups excluding carboxylic acids is 1. The molecule has 0 spiro atoms. The Hall–Kier alpha value is -1.29. The van der Waals surface area contributed by atoms with Crippen molar-refractivity contribution in [2.24, 2.45) is 0 Å². The van der Waals surface area contributed by atoms with E-state index in [1.54, 1.807) is 12.1 Å². The fourth-order valence-electron chi connectivity index (χ4n) is 0.980. The Morgan fingerprint density at radius 1 is 1.44 bits per heavy atom. The number of nitrogens with one attached hydrogen (secondary N) is 1. The van der Waals surface area contributed by atoms with E-state index in [9.17, 15) is 4.79 Å². The second-order valence-electron chi connectivity index (χ2n) is 3.48. The Morgan fingerprint density at radius 3 is 2.62 bits per heavy atom. The van der Waals surface area contributed by atoms with Crippen molar-refractivity contribution in [2.75, 3.05) is 13.2 Å². The standard InChI is InChI=1S/C12H14BrNO2/c1-9(2)7-14-12(15)8-16-11-5-3-10(13)4-6-11/h3-6H,1,7-8H2,2H3,(H,14,15). The summed E-state index contributed by atoms with van der Waals surface area (Å²) in [5.74, 6) is 0.527. The van der Waals surface area contributed by atoms with Gasteiger partial charge >= 0.3 is 0 Å². The lowest BCUT2D eigenvalue weighted by Crippen LogP contribution is -2.29. The lowest BCUT2D eigenvalue weighted by molar-refractivity contribution is -0.122. The molecule has 1 amide bonds. The number of amides is 1. The average molecular weight is 284 g/mol. The first-order valence-electron chi connectivity index (χ1n) is 4.87. The molecule has 0 aliphatic heterocycles. The van der Waals surface area contributed by atoms with E-state index in [2.05, 4.69) is 27.8 Å². The molecule has 0 aromatic heterocycles. The molecular formula is C12H14BrNO2. The fourth-order valence-corrected chi connectivity index (χ4v) is 1.24. The number of ether oxygens (including phenoxy) is 1. The molecule has 0 saturated heterocycles. The Bertz CT molecular complexity index is 373. The molecule has 0 saturated carbocycles. The van der Waals surface area contributed by atoms with Crippen LogP contribution in [0.25, 0.3) is 0 Å². The average Bonchev–Trinajstić information content (AvgIpc) is 2.25. The molecule has 86 valence electrons. The van der Waals surface area contributed by atoms with Gasteiger partial charge in [-0.25, -0.2) is 0 Å². The first kappa shape index (κ1) is 12.8. The van der Waals surface area contributed by atoms with Gasteiger partial charge in [0.2, 0.25) is 0 Å². The maximum atomic E-state index is 11.3. The molecular weight excluding hydrogens is 270 g/mol. The van der Waals surface area contributed by atoms with Crippen LogP contribution < -0.4 is 10.1 Å². The monoisotopic (exact) mass is 283 g/mol. The van der Waals surface area contributed by atoms with Gasteiger partial charge in [-0.05, 0) is 31.2 Å². The van der Waals surface area contributed by atoms with Crippen molar-refractivity contribution in [3.8, 4) is 5.75 Å². The number of hydrogen-bond donors (Lipinski definition) is 1. The molecule has 0 bridgehead atoms. The maximum absolute atomic E-state index is 11.3. The first-order valence-corrected chi connectivity index (χ1v) is 5.66. The second-order valence-corrected chi connectivity index (χ2v) is 4.39. The van der Waals surface area contributed by atoms with Crippen LogP contribution in [0, 0.1) is 0 Å². The number of benzene rings is 1. The highest BCUT2D eigenvalue weighted by molar-refractivity contribution is 9.10. The summed E-state index contributed by atoms with van der Waals surface area (Å²) in [5, 5.41) is 2.69.